The second-order valence-corrected chi connectivity index (χ2v) is 10.3. The molecule has 1 aromatic carbocycles. The first-order valence-corrected chi connectivity index (χ1v) is 12.9. The van der Waals surface area contributed by atoms with Crippen LogP contribution >= 0.6 is 0 Å². The van der Waals surface area contributed by atoms with Gasteiger partial charge in [0.1, 0.15) is 0 Å². The van der Waals surface area contributed by atoms with E-state index in [-0.39, 0.29) is 12.0 Å². The SMILES string of the molecule is CCCCC(C)C[C@H](O)C=C[C@H]1[C@H]2CC(CCCCc3ccccc3C(=O)O)=C[C@H]2C[C@H]1O. The third-order valence-electron chi connectivity index (χ3n) is 7.64. The summed E-state index contributed by atoms with van der Waals surface area (Å²) in [6, 6.07) is 7.28. The van der Waals surface area contributed by atoms with Crippen LogP contribution in [-0.4, -0.2) is 33.5 Å². The Balaban J connectivity index is 1.44. The zero-order valence-electron chi connectivity index (χ0n) is 20.3. The topological polar surface area (TPSA) is 77.8 Å². The first-order chi connectivity index (χ1) is 15.9. The summed E-state index contributed by atoms with van der Waals surface area (Å²) in [7, 11) is 0. The van der Waals surface area contributed by atoms with Crippen molar-refractivity contribution >= 4 is 5.97 Å². The highest BCUT2D eigenvalue weighted by Crippen LogP contribution is 2.48. The lowest BCUT2D eigenvalue weighted by Gasteiger charge is -2.19. The smallest absolute Gasteiger partial charge is 0.335 e. The summed E-state index contributed by atoms with van der Waals surface area (Å²) in [4.78, 5) is 11.4. The minimum absolute atomic E-state index is 0.131. The van der Waals surface area contributed by atoms with Gasteiger partial charge in [0, 0.05) is 5.92 Å². The molecule has 6 atom stereocenters. The Labute approximate surface area is 199 Å². The molecule has 3 rings (SSSR count). The highest BCUT2D eigenvalue weighted by Gasteiger charge is 2.43. The van der Waals surface area contributed by atoms with E-state index in [9.17, 15) is 20.1 Å². The highest BCUT2D eigenvalue weighted by atomic mass is 16.4. The summed E-state index contributed by atoms with van der Waals surface area (Å²) in [6.07, 6.45) is 15.7. The van der Waals surface area contributed by atoms with Gasteiger partial charge in [-0.2, -0.15) is 0 Å². The number of rotatable bonds is 13. The Bertz CT molecular complexity index is 827. The number of benzene rings is 1. The maximum absolute atomic E-state index is 11.4. The van der Waals surface area contributed by atoms with Crippen molar-refractivity contribution in [1.29, 1.82) is 0 Å². The minimum atomic E-state index is -0.852. The molecule has 2 aliphatic carbocycles. The number of carbonyl (C=O) groups is 1. The summed E-state index contributed by atoms with van der Waals surface area (Å²) >= 11 is 0. The summed E-state index contributed by atoms with van der Waals surface area (Å²) in [5.74, 6) is 0.691. The van der Waals surface area contributed by atoms with Crippen molar-refractivity contribution in [2.75, 3.05) is 0 Å². The minimum Gasteiger partial charge on any atom is -0.478 e. The predicted octanol–water partition coefficient (Wildman–Crippen LogP) is 6.17. The van der Waals surface area contributed by atoms with Crippen LogP contribution in [0.15, 0.2) is 48.1 Å². The van der Waals surface area contributed by atoms with Crippen molar-refractivity contribution < 1.29 is 20.1 Å². The van der Waals surface area contributed by atoms with Crippen LogP contribution in [0.1, 0.15) is 87.6 Å². The molecule has 0 spiro atoms. The molecule has 1 aromatic rings. The summed E-state index contributed by atoms with van der Waals surface area (Å²) in [6.45, 7) is 4.41. The lowest BCUT2D eigenvalue weighted by Crippen LogP contribution is -2.18. The molecule has 1 saturated carbocycles. The number of fused-ring (bicyclic) bond motifs is 1. The van der Waals surface area contributed by atoms with Gasteiger partial charge in [-0.05, 0) is 74.3 Å². The summed E-state index contributed by atoms with van der Waals surface area (Å²) < 4.78 is 0. The average molecular weight is 455 g/mol. The van der Waals surface area contributed by atoms with E-state index in [1.54, 1.807) is 12.1 Å². The Morgan fingerprint density at radius 2 is 1.94 bits per heavy atom. The van der Waals surface area contributed by atoms with E-state index in [4.69, 9.17) is 0 Å². The highest BCUT2D eigenvalue weighted by molar-refractivity contribution is 5.89. The molecule has 2 aliphatic rings. The lowest BCUT2D eigenvalue weighted by molar-refractivity contribution is 0.0695. The predicted molar refractivity (Wildman–Crippen MR) is 133 cm³/mol. The van der Waals surface area contributed by atoms with Crippen molar-refractivity contribution in [1.82, 2.24) is 0 Å². The maximum atomic E-state index is 11.4. The first-order valence-electron chi connectivity index (χ1n) is 12.9. The van der Waals surface area contributed by atoms with Crippen LogP contribution in [0.25, 0.3) is 0 Å². The number of aryl methyl sites for hydroxylation is 1. The zero-order chi connectivity index (χ0) is 23.8. The van der Waals surface area contributed by atoms with E-state index in [2.05, 4.69) is 26.0 Å². The quantitative estimate of drug-likeness (QED) is 0.246. The van der Waals surface area contributed by atoms with Gasteiger partial charge in [0.2, 0.25) is 0 Å². The molecule has 0 aliphatic heterocycles. The molecule has 4 heteroatoms. The van der Waals surface area contributed by atoms with Crippen molar-refractivity contribution in [2.45, 2.75) is 90.3 Å². The Morgan fingerprint density at radius 3 is 2.70 bits per heavy atom. The number of carboxylic acid groups (broad SMARTS) is 1. The molecule has 1 unspecified atom stereocenters. The van der Waals surface area contributed by atoms with Crippen molar-refractivity contribution in [3.8, 4) is 0 Å². The number of unbranched alkanes of at least 4 members (excludes halogenated alkanes) is 2. The maximum Gasteiger partial charge on any atom is 0.335 e. The molecular weight excluding hydrogens is 412 g/mol. The molecule has 0 radical (unpaired) electrons. The van der Waals surface area contributed by atoms with Gasteiger partial charge in [0.15, 0.2) is 0 Å². The first kappa shape index (κ1) is 25.7. The summed E-state index contributed by atoms with van der Waals surface area (Å²) in [5.41, 5.74) is 2.81. The second kappa shape index (κ2) is 12.5. The van der Waals surface area contributed by atoms with Crippen LogP contribution < -0.4 is 0 Å². The van der Waals surface area contributed by atoms with Gasteiger partial charge in [-0.25, -0.2) is 4.79 Å². The molecular formula is C29H42O4. The number of aliphatic hydroxyl groups excluding tert-OH is 2. The molecule has 0 aromatic heterocycles. The van der Waals surface area contributed by atoms with E-state index in [0.717, 1.165) is 56.9 Å². The van der Waals surface area contributed by atoms with Gasteiger partial charge < -0.3 is 15.3 Å². The van der Waals surface area contributed by atoms with Gasteiger partial charge in [0.25, 0.3) is 0 Å². The fraction of sp³-hybridized carbons (Fsp3) is 0.621. The summed E-state index contributed by atoms with van der Waals surface area (Å²) in [5, 5.41) is 30.4. The van der Waals surface area contributed by atoms with Gasteiger partial charge in [0.05, 0.1) is 17.8 Å². The van der Waals surface area contributed by atoms with Gasteiger partial charge in [-0.15, -0.1) is 0 Å². The zero-order valence-corrected chi connectivity index (χ0v) is 20.3. The third-order valence-corrected chi connectivity index (χ3v) is 7.64. The molecule has 4 nitrogen and oxygen atoms in total. The number of carboxylic acids is 1. The van der Waals surface area contributed by atoms with Crippen LogP contribution in [0.2, 0.25) is 0 Å². The van der Waals surface area contributed by atoms with E-state index < -0.39 is 12.1 Å². The van der Waals surface area contributed by atoms with Crippen LogP contribution in [0, 0.1) is 23.7 Å². The second-order valence-electron chi connectivity index (χ2n) is 10.3. The number of aromatic carboxylic acids is 1. The van der Waals surface area contributed by atoms with Gasteiger partial charge in [-0.1, -0.05) is 75.1 Å². The van der Waals surface area contributed by atoms with E-state index in [1.807, 2.05) is 18.2 Å². The third kappa shape index (κ3) is 7.28. The number of hydrogen-bond donors (Lipinski definition) is 3. The Kier molecular flexibility index (Phi) is 9.76. The normalized spacial score (nSPS) is 26.4. The largest absolute Gasteiger partial charge is 0.478 e. The van der Waals surface area contributed by atoms with Crippen LogP contribution in [0.5, 0.6) is 0 Å². The Hall–Kier alpha value is -1.91. The number of allylic oxidation sites excluding steroid dienone is 2. The fourth-order valence-electron chi connectivity index (χ4n) is 5.82. The number of aliphatic hydroxyl groups is 2. The molecule has 3 N–H and O–H groups in total. The molecule has 0 heterocycles. The van der Waals surface area contributed by atoms with Crippen molar-refractivity contribution in [2.24, 2.45) is 23.7 Å². The molecule has 33 heavy (non-hydrogen) atoms. The fourth-order valence-corrected chi connectivity index (χ4v) is 5.82. The van der Waals surface area contributed by atoms with Crippen molar-refractivity contribution in [3.63, 3.8) is 0 Å². The van der Waals surface area contributed by atoms with Crippen LogP contribution in [-0.2, 0) is 6.42 Å². The van der Waals surface area contributed by atoms with Crippen LogP contribution in [0.3, 0.4) is 0 Å². The van der Waals surface area contributed by atoms with Gasteiger partial charge >= 0.3 is 5.97 Å². The van der Waals surface area contributed by atoms with E-state index in [0.29, 0.717) is 23.3 Å². The Morgan fingerprint density at radius 1 is 1.18 bits per heavy atom. The molecule has 0 amide bonds. The van der Waals surface area contributed by atoms with Gasteiger partial charge in [-0.3, -0.25) is 0 Å². The molecule has 182 valence electrons. The van der Waals surface area contributed by atoms with E-state index >= 15 is 0 Å². The molecule has 0 bridgehead atoms. The molecule has 0 saturated heterocycles. The number of hydrogen-bond acceptors (Lipinski definition) is 3. The monoisotopic (exact) mass is 454 g/mol. The average Bonchev–Trinajstić information content (AvgIpc) is 3.30. The van der Waals surface area contributed by atoms with Crippen LogP contribution in [0.4, 0.5) is 0 Å². The lowest BCUT2D eigenvalue weighted by atomic mass is 9.88. The van der Waals surface area contributed by atoms with E-state index in [1.165, 1.54) is 18.4 Å². The standard InChI is InChI=1S/C29H42O4/c1-3-4-9-20(2)16-24(30)14-15-26-27-18-21(17-23(27)19-28(26)31)10-5-6-11-22-12-7-8-13-25(22)29(32)33/h7-8,12-15,17,20,23-24,26-28,30-31H,3-6,9-11,16,18-19H2,1-2H3,(H,32,33)/t20?,23-,24+,26-,27-,28+/m0/s1. The molecule has 1 fully saturated rings. The van der Waals surface area contributed by atoms with Crippen molar-refractivity contribution in [3.05, 3.63) is 59.2 Å².